The second-order valence-electron chi connectivity index (χ2n) is 3.27. The molecule has 4 nitrogen and oxygen atoms in total. The van der Waals surface area contributed by atoms with Gasteiger partial charge in [0.05, 0.1) is 5.56 Å². The van der Waals surface area contributed by atoms with Gasteiger partial charge in [0.15, 0.2) is 0 Å². The van der Waals surface area contributed by atoms with Crippen molar-refractivity contribution in [1.29, 1.82) is 0 Å². The third-order valence-electron chi connectivity index (χ3n) is 2.06. The summed E-state index contributed by atoms with van der Waals surface area (Å²) < 4.78 is 0. The van der Waals surface area contributed by atoms with Gasteiger partial charge in [0.1, 0.15) is 5.82 Å². The molecule has 0 spiro atoms. The van der Waals surface area contributed by atoms with Crippen molar-refractivity contribution < 1.29 is 9.90 Å². The van der Waals surface area contributed by atoms with E-state index in [1.807, 2.05) is 6.92 Å². The number of carboxylic acid groups (broad SMARTS) is 1. The maximum Gasteiger partial charge on any atom is 0.335 e. The van der Waals surface area contributed by atoms with Crippen molar-refractivity contribution in [3.05, 3.63) is 23.4 Å². The molecular weight excluding hydrogens is 204 g/mol. The summed E-state index contributed by atoms with van der Waals surface area (Å²) in [5.41, 5.74) is 0.998. The summed E-state index contributed by atoms with van der Waals surface area (Å²) in [7, 11) is 0. The van der Waals surface area contributed by atoms with Gasteiger partial charge in [0.2, 0.25) is 0 Å². The Morgan fingerprint density at radius 3 is 2.94 bits per heavy atom. The third kappa shape index (κ3) is 3.28. The van der Waals surface area contributed by atoms with Crippen molar-refractivity contribution in [2.45, 2.75) is 19.8 Å². The topological polar surface area (TPSA) is 62.2 Å². The minimum Gasteiger partial charge on any atom is -0.478 e. The number of aromatic nitrogens is 1. The summed E-state index contributed by atoms with van der Waals surface area (Å²) in [5.74, 6) is 2.11. The first-order valence-electron chi connectivity index (χ1n) is 5.09. The van der Waals surface area contributed by atoms with Crippen LogP contribution in [0, 0.1) is 12.3 Å². The van der Waals surface area contributed by atoms with Crippen LogP contribution in [0.3, 0.4) is 0 Å². The molecule has 0 aromatic carbocycles. The van der Waals surface area contributed by atoms with Crippen molar-refractivity contribution in [2.24, 2.45) is 0 Å². The number of rotatable bonds is 5. The molecule has 0 fully saturated rings. The molecule has 0 amide bonds. The number of nitrogens with zero attached hydrogens (tertiary/aromatic N) is 1. The van der Waals surface area contributed by atoms with Crippen LogP contribution in [0.4, 0.5) is 5.82 Å². The first-order chi connectivity index (χ1) is 7.67. The molecule has 0 saturated heterocycles. The minimum atomic E-state index is -0.947. The highest BCUT2D eigenvalue weighted by molar-refractivity contribution is 5.88. The molecular formula is C12H14N2O2. The van der Waals surface area contributed by atoms with Crippen molar-refractivity contribution in [1.82, 2.24) is 4.98 Å². The fourth-order valence-electron chi connectivity index (χ4n) is 1.25. The van der Waals surface area contributed by atoms with Gasteiger partial charge in [-0.25, -0.2) is 9.78 Å². The maximum atomic E-state index is 10.9. The van der Waals surface area contributed by atoms with Crippen LogP contribution >= 0.6 is 0 Å². The molecule has 0 aliphatic carbocycles. The van der Waals surface area contributed by atoms with Crippen molar-refractivity contribution in [3.8, 4) is 12.3 Å². The first kappa shape index (κ1) is 12.1. The van der Waals surface area contributed by atoms with Gasteiger partial charge in [-0.3, -0.25) is 0 Å². The van der Waals surface area contributed by atoms with Crippen LogP contribution < -0.4 is 5.32 Å². The number of hydrogen-bond donors (Lipinski definition) is 2. The Kier molecular flexibility index (Phi) is 4.34. The Morgan fingerprint density at radius 1 is 1.62 bits per heavy atom. The number of anilines is 1. The highest BCUT2D eigenvalue weighted by atomic mass is 16.4. The zero-order valence-electron chi connectivity index (χ0n) is 9.16. The van der Waals surface area contributed by atoms with Gasteiger partial charge in [-0.15, -0.1) is 12.3 Å². The smallest absolute Gasteiger partial charge is 0.335 e. The summed E-state index contributed by atoms with van der Waals surface area (Å²) in [4.78, 5) is 15.1. The fourth-order valence-corrected chi connectivity index (χ4v) is 1.25. The normalized spacial score (nSPS) is 9.50. The maximum absolute atomic E-state index is 10.9. The summed E-state index contributed by atoms with van der Waals surface area (Å²) in [6.07, 6.45) is 6.41. The average Bonchev–Trinajstić information content (AvgIpc) is 2.29. The van der Waals surface area contributed by atoms with Gasteiger partial charge >= 0.3 is 5.97 Å². The first-order valence-corrected chi connectivity index (χ1v) is 5.09. The molecule has 0 aliphatic heterocycles. The van der Waals surface area contributed by atoms with E-state index >= 15 is 0 Å². The van der Waals surface area contributed by atoms with E-state index < -0.39 is 5.97 Å². The molecule has 84 valence electrons. The standard InChI is InChI=1S/C12H14N2O2/c1-3-5-6-13-11-8-9(12(15)16)7-10(4-2)14-11/h1,7-8H,4-6H2,2H3,(H,13,14)(H,15,16). The molecule has 0 aliphatic rings. The minimum absolute atomic E-state index is 0.245. The number of carboxylic acids is 1. The number of aryl methyl sites for hydroxylation is 1. The highest BCUT2D eigenvalue weighted by Crippen LogP contribution is 2.11. The van der Waals surface area contributed by atoms with E-state index in [0.717, 1.165) is 5.69 Å². The van der Waals surface area contributed by atoms with Crippen LogP contribution in [0.25, 0.3) is 0 Å². The largest absolute Gasteiger partial charge is 0.478 e. The van der Waals surface area contributed by atoms with E-state index in [0.29, 0.717) is 25.2 Å². The van der Waals surface area contributed by atoms with E-state index in [1.165, 1.54) is 6.07 Å². The van der Waals surface area contributed by atoms with Crippen LogP contribution in [-0.4, -0.2) is 22.6 Å². The Labute approximate surface area is 94.7 Å². The van der Waals surface area contributed by atoms with Crippen molar-refractivity contribution >= 4 is 11.8 Å². The summed E-state index contributed by atoms with van der Waals surface area (Å²) in [6, 6.07) is 3.09. The molecule has 0 atom stereocenters. The van der Waals surface area contributed by atoms with Crippen LogP contribution in [-0.2, 0) is 6.42 Å². The van der Waals surface area contributed by atoms with Crippen molar-refractivity contribution in [3.63, 3.8) is 0 Å². The summed E-state index contributed by atoms with van der Waals surface area (Å²) >= 11 is 0. The van der Waals surface area contributed by atoms with Gasteiger partial charge in [-0.1, -0.05) is 6.92 Å². The number of aromatic carboxylic acids is 1. The molecule has 0 unspecified atom stereocenters. The zero-order chi connectivity index (χ0) is 12.0. The van der Waals surface area contributed by atoms with E-state index in [-0.39, 0.29) is 5.56 Å². The van der Waals surface area contributed by atoms with Crippen LogP contribution in [0.15, 0.2) is 12.1 Å². The van der Waals surface area contributed by atoms with Gasteiger partial charge in [0.25, 0.3) is 0 Å². The third-order valence-corrected chi connectivity index (χ3v) is 2.06. The second kappa shape index (κ2) is 5.76. The SMILES string of the molecule is C#CCCNc1cc(C(=O)O)cc(CC)n1. The number of pyridine rings is 1. The molecule has 0 bridgehead atoms. The Balaban J connectivity index is 2.87. The van der Waals surface area contributed by atoms with Gasteiger partial charge in [0, 0.05) is 18.7 Å². The van der Waals surface area contributed by atoms with Gasteiger partial charge in [-0.05, 0) is 18.6 Å². The number of nitrogens with one attached hydrogen (secondary N) is 1. The second-order valence-corrected chi connectivity index (χ2v) is 3.27. The predicted octanol–water partition coefficient (Wildman–Crippen LogP) is 1.78. The number of terminal acetylenes is 1. The highest BCUT2D eigenvalue weighted by Gasteiger charge is 2.07. The zero-order valence-corrected chi connectivity index (χ0v) is 9.16. The van der Waals surface area contributed by atoms with Gasteiger partial charge in [-0.2, -0.15) is 0 Å². The molecule has 16 heavy (non-hydrogen) atoms. The van der Waals surface area contributed by atoms with E-state index in [9.17, 15) is 4.79 Å². The van der Waals surface area contributed by atoms with Crippen molar-refractivity contribution in [2.75, 3.05) is 11.9 Å². The predicted molar refractivity (Wildman–Crippen MR) is 62.5 cm³/mol. The Hall–Kier alpha value is -2.02. The molecule has 1 aromatic rings. The molecule has 1 heterocycles. The lowest BCUT2D eigenvalue weighted by molar-refractivity contribution is 0.0696. The van der Waals surface area contributed by atoms with Crippen LogP contribution in [0.1, 0.15) is 29.4 Å². The summed E-state index contributed by atoms with van der Waals surface area (Å²) in [6.45, 7) is 2.52. The Bertz CT molecular complexity index is 422. The van der Waals surface area contributed by atoms with Crippen LogP contribution in [0.5, 0.6) is 0 Å². The lowest BCUT2D eigenvalue weighted by Gasteiger charge is -2.06. The molecule has 0 saturated carbocycles. The number of hydrogen-bond acceptors (Lipinski definition) is 3. The summed E-state index contributed by atoms with van der Waals surface area (Å²) in [5, 5.41) is 11.9. The van der Waals surface area contributed by atoms with E-state index in [1.54, 1.807) is 6.07 Å². The quantitative estimate of drug-likeness (QED) is 0.584. The Morgan fingerprint density at radius 2 is 2.38 bits per heavy atom. The number of carbonyl (C=O) groups is 1. The monoisotopic (exact) mass is 218 g/mol. The molecule has 1 aromatic heterocycles. The van der Waals surface area contributed by atoms with Crippen LogP contribution in [0.2, 0.25) is 0 Å². The average molecular weight is 218 g/mol. The van der Waals surface area contributed by atoms with E-state index in [2.05, 4.69) is 16.2 Å². The molecule has 4 heteroatoms. The van der Waals surface area contributed by atoms with E-state index in [4.69, 9.17) is 11.5 Å². The van der Waals surface area contributed by atoms with Gasteiger partial charge < -0.3 is 10.4 Å². The lowest BCUT2D eigenvalue weighted by Crippen LogP contribution is -2.07. The molecule has 0 radical (unpaired) electrons. The molecule has 1 rings (SSSR count). The molecule has 2 N–H and O–H groups in total. The fraction of sp³-hybridized carbons (Fsp3) is 0.333. The lowest BCUT2D eigenvalue weighted by atomic mass is 10.2.